The predicted octanol–water partition coefficient (Wildman–Crippen LogP) is 0.701. The Labute approximate surface area is 142 Å². The highest BCUT2D eigenvalue weighted by atomic mass is 16.5. The zero-order valence-electron chi connectivity index (χ0n) is 14.2. The highest BCUT2D eigenvalue weighted by Crippen LogP contribution is 2.19. The van der Waals surface area contributed by atoms with E-state index in [9.17, 15) is 15.0 Å². The summed E-state index contributed by atoms with van der Waals surface area (Å²) in [5.74, 6) is 0.0230. The van der Waals surface area contributed by atoms with Gasteiger partial charge < -0.3 is 24.6 Å². The van der Waals surface area contributed by atoms with Crippen LogP contribution in [0.4, 0.5) is 0 Å². The van der Waals surface area contributed by atoms with Gasteiger partial charge in [0.2, 0.25) is 5.88 Å². The van der Waals surface area contributed by atoms with E-state index in [1.54, 1.807) is 17.0 Å². The summed E-state index contributed by atoms with van der Waals surface area (Å²) in [5.41, 5.74) is 0.471. The molecule has 2 N–H and O–H groups in total. The number of carbonyl (C=O) groups is 1. The van der Waals surface area contributed by atoms with E-state index in [0.29, 0.717) is 37.7 Å². The van der Waals surface area contributed by atoms with Gasteiger partial charge in [0.25, 0.3) is 5.91 Å². The van der Waals surface area contributed by atoms with Gasteiger partial charge in [0.15, 0.2) is 0 Å². The van der Waals surface area contributed by atoms with Crippen LogP contribution in [0.2, 0.25) is 0 Å². The fraction of sp³-hybridized carbons (Fsp3) is 0.647. The molecule has 134 valence electrons. The van der Waals surface area contributed by atoms with Gasteiger partial charge in [-0.25, -0.2) is 4.98 Å². The number of amides is 1. The fourth-order valence-electron chi connectivity index (χ4n) is 2.76. The predicted molar refractivity (Wildman–Crippen MR) is 87.9 cm³/mol. The molecular formula is C17H26N2O5. The van der Waals surface area contributed by atoms with Crippen LogP contribution in [0.3, 0.4) is 0 Å². The van der Waals surface area contributed by atoms with Crippen molar-refractivity contribution in [2.75, 3.05) is 32.9 Å². The van der Waals surface area contributed by atoms with Crippen molar-refractivity contribution >= 4 is 5.91 Å². The maximum Gasteiger partial charge on any atom is 0.255 e. The summed E-state index contributed by atoms with van der Waals surface area (Å²) in [6.07, 6.45) is 0.500. The Morgan fingerprint density at radius 3 is 2.79 bits per heavy atom. The average Bonchev–Trinajstić information content (AvgIpc) is 2.59. The molecule has 2 rings (SSSR count). The minimum Gasteiger partial charge on any atom is -0.478 e. The zero-order chi connectivity index (χ0) is 17.5. The quantitative estimate of drug-likeness (QED) is 0.760. The smallest absolute Gasteiger partial charge is 0.255 e. The Hall–Kier alpha value is -1.70. The van der Waals surface area contributed by atoms with Gasteiger partial charge in [-0.15, -0.1) is 0 Å². The highest BCUT2D eigenvalue weighted by Gasteiger charge is 2.33. The Bertz CT molecular complexity index is 522. The van der Waals surface area contributed by atoms with E-state index in [1.165, 1.54) is 6.20 Å². The molecule has 0 spiro atoms. The number of ether oxygens (including phenoxy) is 2. The summed E-state index contributed by atoms with van der Waals surface area (Å²) in [6, 6.07) is 3.36. The summed E-state index contributed by atoms with van der Waals surface area (Å²) in [6.45, 7) is 5.72. The number of carbonyl (C=O) groups excluding carboxylic acids is 1. The van der Waals surface area contributed by atoms with Crippen LogP contribution in [0.1, 0.15) is 30.6 Å². The van der Waals surface area contributed by atoms with Crippen LogP contribution in [-0.2, 0) is 4.74 Å². The number of pyridine rings is 1. The number of hydrogen-bond acceptors (Lipinski definition) is 6. The van der Waals surface area contributed by atoms with E-state index in [0.717, 1.165) is 6.42 Å². The third-order valence-corrected chi connectivity index (χ3v) is 4.01. The van der Waals surface area contributed by atoms with Gasteiger partial charge in [-0.05, 0) is 19.4 Å². The molecule has 0 bridgehead atoms. The second-order valence-corrected chi connectivity index (χ2v) is 5.92. The molecule has 7 nitrogen and oxygen atoms in total. The molecule has 0 aromatic carbocycles. The third-order valence-electron chi connectivity index (χ3n) is 4.01. The minimum absolute atomic E-state index is 0.127. The first kappa shape index (κ1) is 18.6. The highest BCUT2D eigenvalue weighted by molar-refractivity contribution is 5.94. The lowest BCUT2D eigenvalue weighted by atomic mass is 9.95. The first-order valence-corrected chi connectivity index (χ1v) is 8.38. The molecule has 0 saturated carbocycles. The average molecular weight is 338 g/mol. The molecule has 2 heterocycles. The Morgan fingerprint density at radius 2 is 2.17 bits per heavy atom. The first-order chi connectivity index (χ1) is 11.6. The largest absolute Gasteiger partial charge is 0.478 e. The molecule has 1 aromatic heterocycles. The molecule has 0 unspecified atom stereocenters. The lowest BCUT2D eigenvalue weighted by Gasteiger charge is -2.35. The SMILES string of the molecule is CCCN(C[C@@H]1COC[C@@H](O)[C@H]1O)C(=O)c1ccc(OCC)nc1. The van der Waals surface area contributed by atoms with E-state index >= 15 is 0 Å². The minimum atomic E-state index is -0.908. The number of aromatic nitrogens is 1. The molecule has 24 heavy (non-hydrogen) atoms. The van der Waals surface area contributed by atoms with Gasteiger partial charge in [0.1, 0.15) is 6.10 Å². The summed E-state index contributed by atoms with van der Waals surface area (Å²) in [4.78, 5) is 18.5. The summed E-state index contributed by atoms with van der Waals surface area (Å²) in [5, 5.41) is 19.8. The van der Waals surface area contributed by atoms with Crippen molar-refractivity contribution in [2.45, 2.75) is 32.5 Å². The van der Waals surface area contributed by atoms with E-state index in [-0.39, 0.29) is 18.4 Å². The zero-order valence-corrected chi connectivity index (χ0v) is 14.2. The normalized spacial score (nSPS) is 23.8. The fourth-order valence-corrected chi connectivity index (χ4v) is 2.76. The Morgan fingerprint density at radius 1 is 1.38 bits per heavy atom. The number of nitrogens with zero attached hydrogens (tertiary/aromatic N) is 2. The maximum atomic E-state index is 12.7. The molecule has 1 aliphatic heterocycles. The lowest BCUT2D eigenvalue weighted by molar-refractivity contribution is -0.124. The van der Waals surface area contributed by atoms with Crippen molar-refractivity contribution in [1.29, 1.82) is 0 Å². The Balaban J connectivity index is 2.06. The number of hydrogen-bond donors (Lipinski definition) is 2. The van der Waals surface area contributed by atoms with E-state index in [2.05, 4.69) is 4.98 Å². The summed E-state index contributed by atoms with van der Waals surface area (Å²) in [7, 11) is 0. The van der Waals surface area contributed by atoms with Crippen LogP contribution < -0.4 is 4.74 Å². The van der Waals surface area contributed by atoms with Crippen molar-refractivity contribution in [3.63, 3.8) is 0 Å². The molecule has 3 atom stereocenters. The maximum absolute atomic E-state index is 12.7. The monoisotopic (exact) mass is 338 g/mol. The van der Waals surface area contributed by atoms with Crippen molar-refractivity contribution in [1.82, 2.24) is 9.88 Å². The first-order valence-electron chi connectivity index (χ1n) is 8.38. The van der Waals surface area contributed by atoms with Crippen LogP contribution in [-0.4, -0.2) is 71.1 Å². The number of rotatable bonds is 7. The summed E-state index contributed by atoms with van der Waals surface area (Å²) >= 11 is 0. The van der Waals surface area contributed by atoms with Gasteiger partial charge >= 0.3 is 0 Å². The number of aliphatic hydroxyl groups is 2. The Kier molecular flexibility index (Phi) is 6.96. The molecule has 1 fully saturated rings. The van der Waals surface area contributed by atoms with Gasteiger partial charge in [0, 0.05) is 31.3 Å². The summed E-state index contributed by atoms with van der Waals surface area (Å²) < 4.78 is 10.6. The van der Waals surface area contributed by atoms with Crippen LogP contribution >= 0.6 is 0 Å². The van der Waals surface area contributed by atoms with Gasteiger partial charge in [-0.3, -0.25) is 4.79 Å². The molecule has 1 saturated heterocycles. The second kappa shape index (κ2) is 8.96. The molecule has 1 aromatic rings. The van der Waals surface area contributed by atoms with Gasteiger partial charge in [-0.1, -0.05) is 6.92 Å². The second-order valence-electron chi connectivity index (χ2n) is 5.92. The lowest BCUT2D eigenvalue weighted by Crippen LogP contribution is -2.49. The van der Waals surface area contributed by atoms with Crippen molar-refractivity contribution < 1.29 is 24.5 Å². The third kappa shape index (κ3) is 4.66. The standard InChI is InChI=1S/C17H26N2O5/c1-3-7-19(9-13-10-23-11-14(20)16(13)21)17(22)12-5-6-15(18-8-12)24-4-2/h5-6,8,13-14,16,20-21H,3-4,7,9-11H2,1-2H3/t13-,14-,16+/m1/s1. The van der Waals surface area contributed by atoms with Crippen LogP contribution in [0.5, 0.6) is 5.88 Å². The van der Waals surface area contributed by atoms with E-state index < -0.39 is 12.2 Å². The van der Waals surface area contributed by atoms with Crippen LogP contribution in [0, 0.1) is 5.92 Å². The van der Waals surface area contributed by atoms with Crippen molar-refractivity contribution in [3.8, 4) is 5.88 Å². The molecule has 0 aliphatic carbocycles. The number of aliphatic hydroxyl groups excluding tert-OH is 2. The van der Waals surface area contributed by atoms with Crippen molar-refractivity contribution in [3.05, 3.63) is 23.9 Å². The molecule has 1 amide bonds. The van der Waals surface area contributed by atoms with E-state index in [4.69, 9.17) is 9.47 Å². The topological polar surface area (TPSA) is 92.1 Å². The van der Waals surface area contributed by atoms with Crippen molar-refractivity contribution in [2.24, 2.45) is 5.92 Å². The van der Waals surface area contributed by atoms with Gasteiger partial charge in [-0.2, -0.15) is 0 Å². The van der Waals surface area contributed by atoms with Crippen LogP contribution in [0.15, 0.2) is 18.3 Å². The molecule has 0 radical (unpaired) electrons. The molecule has 7 heteroatoms. The van der Waals surface area contributed by atoms with E-state index in [1.807, 2.05) is 13.8 Å². The van der Waals surface area contributed by atoms with Crippen LogP contribution in [0.25, 0.3) is 0 Å². The molecule has 1 aliphatic rings. The van der Waals surface area contributed by atoms with Gasteiger partial charge in [0.05, 0.1) is 31.5 Å². The molecular weight excluding hydrogens is 312 g/mol.